The van der Waals surface area contributed by atoms with Gasteiger partial charge in [-0.1, -0.05) is 13.3 Å². The molecule has 0 radical (unpaired) electrons. The highest BCUT2D eigenvalue weighted by Crippen LogP contribution is 2.47. The zero-order valence-corrected chi connectivity index (χ0v) is 11.9. The van der Waals surface area contributed by atoms with Crippen molar-refractivity contribution in [3.8, 4) is 0 Å². The molecule has 2 aromatic rings. The Hall–Kier alpha value is -1.73. The second kappa shape index (κ2) is 5.57. The fourth-order valence-electron chi connectivity index (χ4n) is 3.40. The minimum absolute atomic E-state index is 0.0200. The van der Waals surface area contributed by atoms with E-state index in [-0.39, 0.29) is 30.0 Å². The zero-order valence-electron chi connectivity index (χ0n) is 11.9. The quantitative estimate of drug-likeness (QED) is 0.742. The highest BCUT2D eigenvalue weighted by Gasteiger charge is 2.45. The Morgan fingerprint density at radius 1 is 1.52 bits per heavy atom. The second-order valence-electron chi connectivity index (χ2n) is 5.73. The predicted octanol–water partition coefficient (Wildman–Crippen LogP) is 0.450. The normalized spacial score (nSPS) is 26.7. The average Bonchev–Trinajstić information content (AvgIpc) is 2.84. The van der Waals surface area contributed by atoms with Gasteiger partial charge in [-0.25, -0.2) is 9.97 Å². The molecule has 0 bridgehead atoms. The standard InChI is InChI=1S/C14H20N4O3/c1-2-3-10(20)11-8(5-19)4-9(11)18-7-17-12-13(18)15-6-16-14(12)21/h6-11,19-20H,2-5H2,1H3,(H,15,16,21). The Kier molecular flexibility index (Phi) is 3.77. The van der Waals surface area contributed by atoms with Crippen molar-refractivity contribution in [2.75, 3.05) is 6.61 Å². The van der Waals surface area contributed by atoms with Crippen molar-refractivity contribution in [3.63, 3.8) is 0 Å². The van der Waals surface area contributed by atoms with Gasteiger partial charge in [-0.15, -0.1) is 0 Å². The number of aromatic amines is 1. The molecule has 0 aliphatic heterocycles. The Bertz CT molecular complexity index is 680. The van der Waals surface area contributed by atoms with Crippen molar-refractivity contribution in [2.24, 2.45) is 11.8 Å². The first kappa shape index (κ1) is 14.2. The SMILES string of the molecule is CCCC(O)C1C(CO)CC1n1cnc2c(=O)[nH]cnc21. The van der Waals surface area contributed by atoms with Crippen LogP contribution >= 0.6 is 0 Å². The molecule has 7 nitrogen and oxygen atoms in total. The van der Waals surface area contributed by atoms with Gasteiger partial charge in [0.15, 0.2) is 11.2 Å². The summed E-state index contributed by atoms with van der Waals surface area (Å²) < 4.78 is 1.86. The van der Waals surface area contributed by atoms with Crippen molar-refractivity contribution in [3.05, 3.63) is 23.0 Å². The van der Waals surface area contributed by atoms with Crippen LogP contribution in [0.4, 0.5) is 0 Å². The number of aliphatic hydroxyl groups is 2. The van der Waals surface area contributed by atoms with Crippen molar-refractivity contribution in [1.82, 2.24) is 19.5 Å². The lowest BCUT2D eigenvalue weighted by atomic mass is 9.66. The number of aliphatic hydroxyl groups excluding tert-OH is 2. The third kappa shape index (κ3) is 2.26. The zero-order chi connectivity index (χ0) is 15.0. The van der Waals surface area contributed by atoms with Gasteiger partial charge in [0, 0.05) is 18.6 Å². The van der Waals surface area contributed by atoms with Crippen molar-refractivity contribution in [1.29, 1.82) is 0 Å². The Labute approximate surface area is 121 Å². The molecule has 1 saturated carbocycles. The maximum absolute atomic E-state index is 11.7. The van der Waals surface area contributed by atoms with Crippen LogP contribution in [0.1, 0.15) is 32.2 Å². The molecule has 1 aliphatic carbocycles. The molecule has 3 rings (SSSR count). The fraction of sp³-hybridized carbons (Fsp3) is 0.643. The molecule has 0 amide bonds. The highest BCUT2D eigenvalue weighted by molar-refractivity contribution is 5.69. The van der Waals surface area contributed by atoms with E-state index < -0.39 is 6.10 Å². The monoisotopic (exact) mass is 292 g/mol. The summed E-state index contributed by atoms with van der Waals surface area (Å²) in [5.74, 6) is 0.0736. The van der Waals surface area contributed by atoms with Crippen LogP contribution in [-0.2, 0) is 0 Å². The van der Waals surface area contributed by atoms with E-state index in [9.17, 15) is 15.0 Å². The second-order valence-corrected chi connectivity index (χ2v) is 5.73. The summed E-state index contributed by atoms with van der Waals surface area (Å²) in [6.45, 7) is 2.10. The lowest BCUT2D eigenvalue weighted by Crippen LogP contribution is -2.47. The van der Waals surface area contributed by atoms with Gasteiger partial charge in [-0.3, -0.25) is 4.79 Å². The molecular formula is C14H20N4O3. The molecule has 4 atom stereocenters. The van der Waals surface area contributed by atoms with Crippen molar-refractivity contribution >= 4 is 11.2 Å². The summed E-state index contributed by atoms with van der Waals surface area (Å²) in [6, 6.07) is 0.0306. The number of nitrogens with one attached hydrogen (secondary N) is 1. The van der Waals surface area contributed by atoms with E-state index in [1.54, 1.807) is 6.33 Å². The summed E-state index contributed by atoms with van der Waals surface area (Å²) in [5, 5.41) is 19.8. The van der Waals surface area contributed by atoms with E-state index in [0.29, 0.717) is 17.6 Å². The van der Waals surface area contributed by atoms with Gasteiger partial charge in [-0.05, 0) is 18.8 Å². The predicted molar refractivity (Wildman–Crippen MR) is 76.8 cm³/mol. The number of imidazole rings is 1. The molecule has 7 heteroatoms. The van der Waals surface area contributed by atoms with Crippen LogP contribution in [-0.4, -0.2) is 42.4 Å². The highest BCUT2D eigenvalue weighted by atomic mass is 16.3. The van der Waals surface area contributed by atoms with Gasteiger partial charge < -0.3 is 19.8 Å². The largest absolute Gasteiger partial charge is 0.396 e. The fourth-order valence-corrected chi connectivity index (χ4v) is 3.40. The summed E-state index contributed by atoms with van der Waals surface area (Å²) in [6.07, 6.45) is 4.88. The molecule has 0 saturated heterocycles. The van der Waals surface area contributed by atoms with Crippen LogP contribution in [0.3, 0.4) is 0 Å². The van der Waals surface area contributed by atoms with Crippen LogP contribution in [0.2, 0.25) is 0 Å². The molecule has 3 N–H and O–H groups in total. The first-order valence-corrected chi connectivity index (χ1v) is 7.36. The summed E-state index contributed by atoms with van der Waals surface area (Å²) in [5.41, 5.74) is 0.588. The van der Waals surface area contributed by atoms with Gasteiger partial charge in [0.05, 0.1) is 18.8 Å². The lowest BCUT2D eigenvalue weighted by Gasteiger charge is -2.47. The smallest absolute Gasteiger partial charge is 0.278 e. The van der Waals surface area contributed by atoms with E-state index in [0.717, 1.165) is 12.8 Å². The molecule has 1 aliphatic rings. The van der Waals surface area contributed by atoms with Crippen molar-refractivity contribution in [2.45, 2.75) is 38.3 Å². The van der Waals surface area contributed by atoms with Crippen LogP contribution in [0.5, 0.6) is 0 Å². The Morgan fingerprint density at radius 3 is 3.05 bits per heavy atom. The number of hydrogen-bond donors (Lipinski definition) is 3. The van der Waals surface area contributed by atoms with Gasteiger partial charge >= 0.3 is 0 Å². The van der Waals surface area contributed by atoms with E-state index >= 15 is 0 Å². The third-order valence-electron chi connectivity index (χ3n) is 4.52. The van der Waals surface area contributed by atoms with Gasteiger partial charge in [0.1, 0.15) is 0 Å². The molecule has 1 fully saturated rings. The van der Waals surface area contributed by atoms with Gasteiger partial charge in [-0.2, -0.15) is 0 Å². The molecule has 2 aromatic heterocycles. The van der Waals surface area contributed by atoms with Crippen LogP contribution in [0.25, 0.3) is 11.2 Å². The van der Waals surface area contributed by atoms with Crippen molar-refractivity contribution < 1.29 is 10.2 Å². The molecule has 114 valence electrons. The summed E-state index contributed by atoms with van der Waals surface area (Å²) in [4.78, 5) is 22.5. The maximum Gasteiger partial charge on any atom is 0.278 e. The average molecular weight is 292 g/mol. The number of rotatable bonds is 5. The summed E-state index contributed by atoms with van der Waals surface area (Å²) in [7, 11) is 0. The van der Waals surface area contributed by atoms with Crippen LogP contribution < -0.4 is 5.56 Å². The van der Waals surface area contributed by atoms with E-state index in [4.69, 9.17) is 0 Å². The minimum Gasteiger partial charge on any atom is -0.396 e. The first-order valence-electron chi connectivity index (χ1n) is 7.36. The Balaban J connectivity index is 1.95. The lowest BCUT2D eigenvalue weighted by molar-refractivity contribution is -0.0574. The minimum atomic E-state index is -0.453. The van der Waals surface area contributed by atoms with Gasteiger partial charge in [0.25, 0.3) is 5.56 Å². The molecule has 2 heterocycles. The van der Waals surface area contributed by atoms with E-state index in [2.05, 4.69) is 15.0 Å². The molecule has 21 heavy (non-hydrogen) atoms. The third-order valence-corrected chi connectivity index (χ3v) is 4.52. The number of H-pyrrole nitrogens is 1. The number of fused-ring (bicyclic) bond motifs is 1. The summed E-state index contributed by atoms with van der Waals surface area (Å²) >= 11 is 0. The number of nitrogens with zero attached hydrogens (tertiary/aromatic N) is 3. The molecule has 0 aromatic carbocycles. The molecule has 0 spiro atoms. The number of hydrogen-bond acceptors (Lipinski definition) is 5. The van der Waals surface area contributed by atoms with E-state index in [1.165, 1.54) is 6.33 Å². The Morgan fingerprint density at radius 2 is 2.33 bits per heavy atom. The maximum atomic E-state index is 11.7. The van der Waals surface area contributed by atoms with Crippen LogP contribution in [0, 0.1) is 11.8 Å². The van der Waals surface area contributed by atoms with Crippen LogP contribution in [0.15, 0.2) is 17.4 Å². The molecule has 4 unspecified atom stereocenters. The topological polar surface area (TPSA) is 104 Å². The number of aromatic nitrogens is 4. The van der Waals surface area contributed by atoms with E-state index in [1.807, 2.05) is 11.5 Å². The molecular weight excluding hydrogens is 272 g/mol. The van der Waals surface area contributed by atoms with Gasteiger partial charge in [0.2, 0.25) is 0 Å². The first-order chi connectivity index (χ1) is 10.2.